The second kappa shape index (κ2) is 5.25. The largest absolute Gasteiger partial charge is 0.378 e. The van der Waals surface area contributed by atoms with Gasteiger partial charge < -0.3 is 15.2 Å². The van der Waals surface area contributed by atoms with Crippen LogP contribution >= 0.6 is 0 Å². The lowest BCUT2D eigenvalue weighted by Gasteiger charge is -2.45. The Balaban J connectivity index is 1.71. The van der Waals surface area contributed by atoms with E-state index in [0.29, 0.717) is 18.7 Å². The lowest BCUT2D eigenvalue weighted by molar-refractivity contribution is -0.0919. The Morgan fingerprint density at radius 3 is 2.93 bits per heavy atom. The van der Waals surface area contributed by atoms with Crippen LogP contribution in [0.3, 0.4) is 0 Å². The van der Waals surface area contributed by atoms with Crippen LogP contribution in [0.4, 0.5) is 0 Å². The lowest BCUT2D eigenvalue weighted by atomic mass is 9.87. The van der Waals surface area contributed by atoms with E-state index in [2.05, 4.69) is 11.8 Å². The van der Waals surface area contributed by atoms with Crippen molar-refractivity contribution in [2.24, 2.45) is 5.73 Å². The maximum atomic E-state index is 5.62. The van der Waals surface area contributed by atoms with Crippen molar-refractivity contribution in [3.05, 3.63) is 0 Å². The number of hydrogen-bond acceptors (Lipinski definition) is 4. The number of rotatable bonds is 4. The average molecular weight is 214 g/mol. The molecule has 1 aliphatic carbocycles. The van der Waals surface area contributed by atoms with Gasteiger partial charge in [0.05, 0.1) is 18.8 Å². The number of nitrogens with two attached hydrogens (primary N) is 1. The molecule has 1 saturated heterocycles. The van der Waals surface area contributed by atoms with Gasteiger partial charge in [-0.15, -0.1) is 0 Å². The predicted octanol–water partition coefficient (Wildman–Crippen LogP) is 0.213. The molecule has 4 heteroatoms. The highest BCUT2D eigenvalue weighted by Gasteiger charge is 2.36. The van der Waals surface area contributed by atoms with E-state index in [1.807, 2.05) is 0 Å². The van der Waals surface area contributed by atoms with E-state index in [1.165, 1.54) is 12.8 Å². The van der Waals surface area contributed by atoms with E-state index < -0.39 is 0 Å². The Morgan fingerprint density at radius 2 is 2.27 bits per heavy atom. The van der Waals surface area contributed by atoms with Crippen molar-refractivity contribution in [2.75, 3.05) is 32.8 Å². The van der Waals surface area contributed by atoms with Crippen molar-refractivity contribution in [1.82, 2.24) is 4.90 Å². The Labute approximate surface area is 91.7 Å². The van der Waals surface area contributed by atoms with E-state index in [9.17, 15) is 0 Å². The first-order valence-electron chi connectivity index (χ1n) is 6.00. The summed E-state index contributed by atoms with van der Waals surface area (Å²) in [5, 5.41) is 0. The van der Waals surface area contributed by atoms with E-state index in [4.69, 9.17) is 15.2 Å². The molecule has 2 fully saturated rings. The third-order valence-electron chi connectivity index (χ3n) is 3.42. The van der Waals surface area contributed by atoms with Gasteiger partial charge in [0, 0.05) is 32.3 Å². The van der Waals surface area contributed by atoms with Crippen LogP contribution in [0.15, 0.2) is 0 Å². The second-order valence-corrected chi connectivity index (χ2v) is 4.43. The third kappa shape index (κ3) is 2.69. The maximum Gasteiger partial charge on any atom is 0.0824 e. The molecule has 1 atom stereocenters. The molecule has 1 heterocycles. The van der Waals surface area contributed by atoms with Gasteiger partial charge in [-0.05, 0) is 19.8 Å². The summed E-state index contributed by atoms with van der Waals surface area (Å²) in [5.41, 5.74) is 5.62. The molecule has 88 valence electrons. The highest BCUT2D eigenvalue weighted by atomic mass is 16.5. The molecule has 0 aromatic carbocycles. The maximum absolute atomic E-state index is 5.62. The molecule has 1 unspecified atom stereocenters. The minimum absolute atomic E-state index is 0.241. The zero-order valence-electron chi connectivity index (χ0n) is 9.52. The molecule has 0 aromatic heterocycles. The summed E-state index contributed by atoms with van der Waals surface area (Å²) in [4.78, 5) is 2.51. The zero-order chi connectivity index (χ0) is 10.7. The van der Waals surface area contributed by atoms with Crippen LogP contribution in [-0.2, 0) is 9.47 Å². The number of nitrogens with zero attached hydrogens (tertiary/aromatic N) is 1. The molecule has 2 aliphatic rings. The standard InChI is InChI=1S/C11H22N2O2/c1-2-14-10-5-9(6-10)13-3-4-15-11(7-12)8-13/h9-11H,2-8,12H2,1H3. The van der Waals surface area contributed by atoms with E-state index in [1.54, 1.807) is 0 Å². The summed E-state index contributed by atoms with van der Waals surface area (Å²) in [6, 6.07) is 0.708. The average Bonchev–Trinajstić information content (AvgIpc) is 2.23. The van der Waals surface area contributed by atoms with Crippen molar-refractivity contribution in [2.45, 2.75) is 38.0 Å². The summed E-state index contributed by atoms with van der Waals surface area (Å²) in [5.74, 6) is 0. The minimum Gasteiger partial charge on any atom is -0.378 e. The van der Waals surface area contributed by atoms with E-state index in [0.717, 1.165) is 26.3 Å². The summed E-state index contributed by atoms with van der Waals surface area (Å²) < 4.78 is 11.1. The van der Waals surface area contributed by atoms with Gasteiger partial charge >= 0.3 is 0 Å². The van der Waals surface area contributed by atoms with Crippen LogP contribution in [-0.4, -0.2) is 56.0 Å². The van der Waals surface area contributed by atoms with Gasteiger partial charge in [-0.2, -0.15) is 0 Å². The number of hydrogen-bond donors (Lipinski definition) is 1. The highest BCUT2D eigenvalue weighted by molar-refractivity contribution is 4.90. The van der Waals surface area contributed by atoms with Crippen LogP contribution in [0.2, 0.25) is 0 Å². The second-order valence-electron chi connectivity index (χ2n) is 4.43. The Morgan fingerprint density at radius 1 is 1.47 bits per heavy atom. The van der Waals surface area contributed by atoms with Gasteiger partial charge in [0.1, 0.15) is 0 Å². The summed E-state index contributed by atoms with van der Waals surface area (Å²) >= 11 is 0. The van der Waals surface area contributed by atoms with Gasteiger partial charge in [0.15, 0.2) is 0 Å². The first-order valence-corrected chi connectivity index (χ1v) is 6.00. The third-order valence-corrected chi connectivity index (χ3v) is 3.42. The van der Waals surface area contributed by atoms with Crippen LogP contribution in [0, 0.1) is 0 Å². The fourth-order valence-electron chi connectivity index (χ4n) is 2.42. The topological polar surface area (TPSA) is 47.7 Å². The normalized spacial score (nSPS) is 37.6. The first kappa shape index (κ1) is 11.3. The fraction of sp³-hybridized carbons (Fsp3) is 1.00. The van der Waals surface area contributed by atoms with Gasteiger partial charge in [-0.3, -0.25) is 4.90 Å². The molecular weight excluding hydrogens is 192 g/mol. The van der Waals surface area contributed by atoms with Crippen LogP contribution in [0.1, 0.15) is 19.8 Å². The Kier molecular flexibility index (Phi) is 3.97. The molecule has 0 spiro atoms. The summed E-state index contributed by atoms with van der Waals surface area (Å²) in [6.45, 7) is 6.42. The Hall–Kier alpha value is -0.160. The summed E-state index contributed by atoms with van der Waals surface area (Å²) in [6.07, 6.45) is 3.11. The molecule has 15 heavy (non-hydrogen) atoms. The number of ether oxygens (including phenoxy) is 2. The van der Waals surface area contributed by atoms with Gasteiger partial charge in [-0.1, -0.05) is 0 Å². The van der Waals surface area contributed by atoms with E-state index in [-0.39, 0.29) is 6.10 Å². The van der Waals surface area contributed by atoms with Crippen LogP contribution in [0.5, 0.6) is 0 Å². The lowest BCUT2D eigenvalue weighted by Crippen LogP contribution is -2.55. The quantitative estimate of drug-likeness (QED) is 0.727. The molecule has 1 aliphatic heterocycles. The van der Waals surface area contributed by atoms with E-state index >= 15 is 0 Å². The Bertz CT molecular complexity index is 195. The number of morpholine rings is 1. The first-order chi connectivity index (χ1) is 7.33. The van der Waals surface area contributed by atoms with Gasteiger partial charge in [0.25, 0.3) is 0 Å². The van der Waals surface area contributed by atoms with Crippen LogP contribution in [0.25, 0.3) is 0 Å². The van der Waals surface area contributed by atoms with Gasteiger partial charge in [-0.25, -0.2) is 0 Å². The van der Waals surface area contributed by atoms with Crippen molar-refractivity contribution >= 4 is 0 Å². The molecule has 2 N–H and O–H groups in total. The SMILES string of the molecule is CCOC1CC(N2CCOC(CN)C2)C1. The molecule has 4 nitrogen and oxygen atoms in total. The molecular formula is C11H22N2O2. The molecule has 0 bridgehead atoms. The molecule has 0 aromatic rings. The monoisotopic (exact) mass is 214 g/mol. The van der Waals surface area contributed by atoms with Gasteiger partial charge in [0.2, 0.25) is 0 Å². The van der Waals surface area contributed by atoms with Crippen LogP contribution < -0.4 is 5.73 Å². The molecule has 0 radical (unpaired) electrons. The smallest absolute Gasteiger partial charge is 0.0824 e. The minimum atomic E-state index is 0.241. The molecule has 0 amide bonds. The highest BCUT2D eigenvalue weighted by Crippen LogP contribution is 2.29. The predicted molar refractivity (Wildman–Crippen MR) is 58.8 cm³/mol. The van der Waals surface area contributed by atoms with Crippen molar-refractivity contribution in [1.29, 1.82) is 0 Å². The zero-order valence-corrected chi connectivity index (χ0v) is 9.52. The fourth-order valence-corrected chi connectivity index (χ4v) is 2.42. The molecule has 2 rings (SSSR count). The van der Waals surface area contributed by atoms with Crippen molar-refractivity contribution in [3.8, 4) is 0 Å². The van der Waals surface area contributed by atoms with Crippen molar-refractivity contribution in [3.63, 3.8) is 0 Å². The molecule has 1 saturated carbocycles. The van der Waals surface area contributed by atoms with Crippen molar-refractivity contribution < 1.29 is 9.47 Å². The summed E-state index contributed by atoms with van der Waals surface area (Å²) in [7, 11) is 0.